The second-order valence-electron chi connectivity index (χ2n) is 5.88. The van der Waals surface area contributed by atoms with Gasteiger partial charge in [0.1, 0.15) is 5.82 Å². The Labute approximate surface area is 115 Å². The number of nitrogens with one attached hydrogen (secondary N) is 1. The SMILES string of the molecule is CCCCCNC(=O)c1cc(N)nc(C(C)(C)C)c1. The van der Waals surface area contributed by atoms with E-state index in [4.69, 9.17) is 5.73 Å². The number of aromatic nitrogens is 1. The fraction of sp³-hybridized carbons (Fsp3) is 0.600. The molecule has 0 fully saturated rings. The minimum Gasteiger partial charge on any atom is -0.384 e. The molecule has 0 aliphatic rings. The van der Waals surface area contributed by atoms with Crippen molar-refractivity contribution >= 4 is 11.7 Å². The van der Waals surface area contributed by atoms with Crippen LogP contribution in [-0.4, -0.2) is 17.4 Å². The number of nitrogens with zero attached hydrogens (tertiary/aromatic N) is 1. The van der Waals surface area contributed by atoms with Crippen LogP contribution in [0.5, 0.6) is 0 Å². The maximum absolute atomic E-state index is 12.0. The van der Waals surface area contributed by atoms with E-state index in [0.717, 1.165) is 25.0 Å². The first-order chi connectivity index (χ1) is 8.84. The third-order valence-electron chi connectivity index (χ3n) is 2.94. The molecule has 0 bridgehead atoms. The number of carbonyl (C=O) groups is 1. The van der Waals surface area contributed by atoms with Gasteiger partial charge >= 0.3 is 0 Å². The lowest BCUT2D eigenvalue weighted by molar-refractivity contribution is 0.0952. The molecule has 0 atom stereocenters. The first kappa shape index (κ1) is 15.5. The van der Waals surface area contributed by atoms with Gasteiger partial charge in [0, 0.05) is 23.2 Å². The van der Waals surface area contributed by atoms with Crippen molar-refractivity contribution in [3.63, 3.8) is 0 Å². The van der Waals surface area contributed by atoms with E-state index < -0.39 is 0 Å². The minimum absolute atomic E-state index is 0.0734. The van der Waals surface area contributed by atoms with Gasteiger partial charge in [-0.1, -0.05) is 40.5 Å². The molecule has 0 radical (unpaired) electrons. The van der Waals surface area contributed by atoms with Crippen LogP contribution in [0.4, 0.5) is 5.82 Å². The molecule has 3 N–H and O–H groups in total. The molecule has 0 saturated carbocycles. The highest BCUT2D eigenvalue weighted by Crippen LogP contribution is 2.22. The lowest BCUT2D eigenvalue weighted by Crippen LogP contribution is -2.25. The van der Waals surface area contributed by atoms with Crippen LogP contribution in [0.2, 0.25) is 0 Å². The molecule has 4 nitrogen and oxygen atoms in total. The van der Waals surface area contributed by atoms with Gasteiger partial charge < -0.3 is 11.1 Å². The molecule has 1 heterocycles. The zero-order valence-electron chi connectivity index (χ0n) is 12.4. The molecule has 1 aromatic rings. The van der Waals surface area contributed by atoms with E-state index >= 15 is 0 Å². The summed E-state index contributed by atoms with van der Waals surface area (Å²) in [6.45, 7) is 9.01. The predicted molar refractivity (Wildman–Crippen MR) is 79.2 cm³/mol. The van der Waals surface area contributed by atoms with Crippen molar-refractivity contribution in [3.8, 4) is 0 Å². The van der Waals surface area contributed by atoms with Gasteiger partial charge in [0.25, 0.3) is 5.91 Å². The number of nitrogens with two attached hydrogens (primary N) is 1. The van der Waals surface area contributed by atoms with Crippen LogP contribution in [0.25, 0.3) is 0 Å². The number of anilines is 1. The summed E-state index contributed by atoms with van der Waals surface area (Å²) in [4.78, 5) is 16.3. The summed E-state index contributed by atoms with van der Waals surface area (Å²) in [5.74, 6) is 0.321. The highest BCUT2D eigenvalue weighted by molar-refractivity contribution is 5.94. The average Bonchev–Trinajstić information content (AvgIpc) is 2.32. The maximum Gasteiger partial charge on any atom is 0.251 e. The predicted octanol–water partition coefficient (Wildman–Crippen LogP) is 2.88. The van der Waals surface area contributed by atoms with Gasteiger partial charge in [-0.2, -0.15) is 0 Å². The summed E-state index contributed by atoms with van der Waals surface area (Å²) in [6.07, 6.45) is 3.28. The lowest BCUT2D eigenvalue weighted by Gasteiger charge is -2.19. The second-order valence-corrected chi connectivity index (χ2v) is 5.88. The molecule has 0 spiro atoms. The van der Waals surface area contributed by atoms with Crippen molar-refractivity contribution < 1.29 is 4.79 Å². The molecular formula is C15H25N3O. The Morgan fingerprint density at radius 1 is 1.32 bits per heavy atom. The number of nitrogen functional groups attached to an aromatic ring is 1. The molecule has 1 rings (SSSR count). The number of unbranched alkanes of at least 4 members (excludes halogenated alkanes) is 2. The third-order valence-corrected chi connectivity index (χ3v) is 2.94. The summed E-state index contributed by atoms with van der Waals surface area (Å²) in [6, 6.07) is 3.45. The van der Waals surface area contributed by atoms with Gasteiger partial charge in [0.05, 0.1) is 0 Å². The number of amides is 1. The summed E-state index contributed by atoms with van der Waals surface area (Å²) in [5.41, 5.74) is 7.09. The van der Waals surface area contributed by atoms with Crippen LogP contribution in [0.15, 0.2) is 12.1 Å². The van der Waals surface area contributed by atoms with Gasteiger partial charge in [0.2, 0.25) is 0 Å². The summed E-state index contributed by atoms with van der Waals surface area (Å²) in [5, 5.41) is 2.92. The van der Waals surface area contributed by atoms with Gasteiger partial charge in [-0.25, -0.2) is 4.98 Å². The zero-order chi connectivity index (χ0) is 14.5. The molecular weight excluding hydrogens is 238 g/mol. The van der Waals surface area contributed by atoms with Crippen molar-refractivity contribution in [3.05, 3.63) is 23.4 Å². The molecule has 1 amide bonds. The van der Waals surface area contributed by atoms with Crippen molar-refractivity contribution in [2.45, 2.75) is 52.4 Å². The summed E-state index contributed by atoms with van der Waals surface area (Å²) in [7, 11) is 0. The first-order valence-electron chi connectivity index (χ1n) is 6.91. The van der Waals surface area contributed by atoms with Crippen LogP contribution in [-0.2, 0) is 5.41 Å². The smallest absolute Gasteiger partial charge is 0.251 e. The Morgan fingerprint density at radius 2 is 2.00 bits per heavy atom. The number of carbonyl (C=O) groups excluding carboxylic acids is 1. The number of rotatable bonds is 5. The maximum atomic E-state index is 12.0. The topological polar surface area (TPSA) is 68.0 Å². The summed E-state index contributed by atoms with van der Waals surface area (Å²) < 4.78 is 0. The average molecular weight is 263 g/mol. The van der Waals surface area contributed by atoms with Gasteiger partial charge in [-0.05, 0) is 18.6 Å². The van der Waals surface area contributed by atoms with E-state index in [0.29, 0.717) is 17.9 Å². The van der Waals surface area contributed by atoms with E-state index in [2.05, 4.69) is 38.0 Å². The van der Waals surface area contributed by atoms with Crippen LogP contribution in [0, 0.1) is 0 Å². The molecule has 0 aliphatic carbocycles. The monoisotopic (exact) mass is 263 g/mol. The number of hydrogen-bond donors (Lipinski definition) is 2. The highest BCUT2D eigenvalue weighted by atomic mass is 16.1. The van der Waals surface area contributed by atoms with E-state index in [1.165, 1.54) is 0 Å². The normalized spacial score (nSPS) is 11.4. The number of hydrogen-bond acceptors (Lipinski definition) is 3. The second kappa shape index (κ2) is 6.55. The van der Waals surface area contributed by atoms with Gasteiger partial charge in [-0.3, -0.25) is 4.79 Å². The highest BCUT2D eigenvalue weighted by Gasteiger charge is 2.18. The molecule has 0 saturated heterocycles. The van der Waals surface area contributed by atoms with Gasteiger partial charge in [0.15, 0.2) is 0 Å². The van der Waals surface area contributed by atoms with Crippen LogP contribution in [0.1, 0.15) is 63.0 Å². The van der Waals surface area contributed by atoms with Crippen LogP contribution < -0.4 is 11.1 Å². The summed E-state index contributed by atoms with van der Waals surface area (Å²) >= 11 is 0. The first-order valence-corrected chi connectivity index (χ1v) is 6.91. The Morgan fingerprint density at radius 3 is 2.58 bits per heavy atom. The number of pyridine rings is 1. The van der Waals surface area contributed by atoms with E-state index in [1.807, 2.05) is 6.07 Å². The van der Waals surface area contributed by atoms with E-state index in [1.54, 1.807) is 6.07 Å². The lowest BCUT2D eigenvalue weighted by atomic mass is 9.90. The fourth-order valence-electron chi connectivity index (χ4n) is 1.75. The Balaban J connectivity index is 2.77. The zero-order valence-corrected chi connectivity index (χ0v) is 12.4. The largest absolute Gasteiger partial charge is 0.384 e. The molecule has 1 aromatic heterocycles. The molecule has 106 valence electrons. The molecule has 0 aromatic carbocycles. The molecule has 0 unspecified atom stereocenters. The van der Waals surface area contributed by atoms with Crippen LogP contribution >= 0.6 is 0 Å². The van der Waals surface area contributed by atoms with Crippen molar-refractivity contribution in [1.29, 1.82) is 0 Å². The Bertz CT molecular complexity index is 436. The van der Waals surface area contributed by atoms with Crippen molar-refractivity contribution in [2.75, 3.05) is 12.3 Å². The van der Waals surface area contributed by atoms with Crippen molar-refractivity contribution in [1.82, 2.24) is 10.3 Å². The molecule has 0 aliphatic heterocycles. The minimum atomic E-state index is -0.118. The van der Waals surface area contributed by atoms with Crippen LogP contribution in [0.3, 0.4) is 0 Å². The van der Waals surface area contributed by atoms with E-state index in [-0.39, 0.29) is 11.3 Å². The molecule has 19 heavy (non-hydrogen) atoms. The fourth-order valence-corrected chi connectivity index (χ4v) is 1.75. The Kier molecular flexibility index (Phi) is 5.33. The standard InChI is InChI=1S/C15H25N3O/c1-5-6-7-8-17-14(19)11-9-12(15(2,3)4)18-13(16)10-11/h9-10H,5-8H2,1-4H3,(H2,16,18)(H,17,19). The van der Waals surface area contributed by atoms with E-state index in [9.17, 15) is 4.79 Å². The van der Waals surface area contributed by atoms with Crippen molar-refractivity contribution in [2.24, 2.45) is 0 Å². The third kappa shape index (κ3) is 4.89. The molecule has 4 heteroatoms. The quantitative estimate of drug-likeness (QED) is 0.803. The Hall–Kier alpha value is -1.58. The van der Waals surface area contributed by atoms with Gasteiger partial charge in [-0.15, -0.1) is 0 Å².